The summed E-state index contributed by atoms with van der Waals surface area (Å²) in [6.07, 6.45) is 2.14. The third-order valence-corrected chi connectivity index (χ3v) is 7.06. The predicted molar refractivity (Wildman–Crippen MR) is 85.3 cm³/mol. The van der Waals surface area contributed by atoms with Crippen molar-refractivity contribution in [3.63, 3.8) is 0 Å². The number of hydrogen-bond acceptors (Lipinski definition) is 6. The number of halogens is 1. The molecule has 2 fully saturated rings. The standard InChI is InChI=1S/C15H20FN5O3S/c1-8-13(9(2)24-20-8)25(22,23)21-6-11(5-16)12(7-21)15-17-14(18-19-15)10-3-4-10/h10-12H,3-7H2,1-2H3,(H,17,18,19)/t11-,12-/m1/s1. The highest BCUT2D eigenvalue weighted by Gasteiger charge is 2.43. The molecule has 0 radical (unpaired) electrons. The molecule has 2 aromatic heterocycles. The molecule has 1 aliphatic heterocycles. The fourth-order valence-electron chi connectivity index (χ4n) is 3.44. The monoisotopic (exact) mass is 369 g/mol. The van der Waals surface area contributed by atoms with Crippen LogP contribution in [0.25, 0.3) is 0 Å². The summed E-state index contributed by atoms with van der Waals surface area (Å²) in [6, 6.07) is 0. The van der Waals surface area contributed by atoms with E-state index in [9.17, 15) is 12.8 Å². The molecular formula is C15H20FN5O3S. The van der Waals surface area contributed by atoms with Crippen molar-refractivity contribution in [1.29, 1.82) is 0 Å². The summed E-state index contributed by atoms with van der Waals surface area (Å²) in [5.74, 6) is 1.17. The minimum Gasteiger partial charge on any atom is -0.360 e. The second kappa shape index (κ2) is 5.87. The number of hydrogen-bond donors (Lipinski definition) is 1. The van der Waals surface area contributed by atoms with Crippen LogP contribution in [0.5, 0.6) is 0 Å². The Balaban J connectivity index is 1.62. The molecule has 1 N–H and O–H groups in total. The van der Waals surface area contributed by atoms with Gasteiger partial charge in [-0.3, -0.25) is 9.49 Å². The Labute approximate surface area is 144 Å². The summed E-state index contributed by atoms with van der Waals surface area (Å²) in [5, 5.41) is 10.8. The van der Waals surface area contributed by atoms with Crippen LogP contribution in [-0.2, 0) is 10.0 Å². The summed E-state index contributed by atoms with van der Waals surface area (Å²) < 4.78 is 45.8. The number of sulfonamides is 1. The van der Waals surface area contributed by atoms with E-state index in [0.29, 0.717) is 17.4 Å². The molecule has 0 aromatic carbocycles. The topological polar surface area (TPSA) is 105 Å². The molecule has 10 heteroatoms. The predicted octanol–water partition coefficient (Wildman–Crippen LogP) is 1.66. The van der Waals surface area contributed by atoms with E-state index in [1.165, 1.54) is 4.31 Å². The summed E-state index contributed by atoms with van der Waals surface area (Å²) >= 11 is 0. The molecule has 1 aliphatic carbocycles. The number of aryl methyl sites for hydroxylation is 2. The van der Waals surface area contributed by atoms with Crippen molar-refractivity contribution in [2.24, 2.45) is 5.92 Å². The third-order valence-electron chi connectivity index (χ3n) is 4.99. The van der Waals surface area contributed by atoms with Crippen LogP contribution in [-0.4, -0.2) is 52.8 Å². The highest BCUT2D eigenvalue weighted by molar-refractivity contribution is 7.89. The van der Waals surface area contributed by atoms with Gasteiger partial charge in [-0.15, -0.1) is 0 Å². The van der Waals surface area contributed by atoms with Gasteiger partial charge in [0.1, 0.15) is 16.4 Å². The van der Waals surface area contributed by atoms with Crippen LogP contribution in [0.1, 0.15) is 47.8 Å². The maximum Gasteiger partial charge on any atom is 0.248 e. The number of aromatic amines is 1. The van der Waals surface area contributed by atoms with Crippen molar-refractivity contribution >= 4 is 10.0 Å². The average molecular weight is 369 g/mol. The minimum atomic E-state index is -3.79. The molecule has 4 rings (SSSR count). The molecule has 136 valence electrons. The van der Waals surface area contributed by atoms with Gasteiger partial charge >= 0.3 is 0 Å². The van der Waals surface area contributed by atoms with Crippen LogP contribution >= 0.6 is 0 Å². The number of nitrogens with one attached hydrogen (secondary N) is 1. The molecule has 25 heavy (non-hydrogen) atoms. The smallest absolute Gasteiger partial charge is 0.248 e. The van der Waals surface area contributed by atoms with Gasteiger partial charge in [0.25, 0.3) is 0 Å². The first kappa shape index (κ1) is 16.6. The van der Waals surface area contributed by atoms with Crippen molar-refractivity contribution in [2.45, 2.75) is 43.4 Å². The summed E-state index contributed by atoms with van der Waals surface area (Å²) in [4.78, 5) is 4.55. The highest BCUT2D eigenvalue weighted by Crippen LogP contribution is 2.40. The van der Waals surface area contributed by atoms with Crippen molar-refractivity contribution in [3.05, 3.63) is 23.1 Å². The lowest BCUT2D eigenvalue weighted by Gasteiger charge is -2.15. The van der Waals surface area contributed by atoms with Gasteiger partial charge in [-0.05, 0) is 26.7 Å². The second-order valence-electron chi connectivity index (χ2n) is 6.85. The third kappa shape index (κ3) is 2.77. The number of rotatable bonds is 5. The van der Waals surface area contributed by atoms with E-state index < -0.39 is 22.6 Å². The Morgan fingerprint density at radius 3 is 2.68 bits per heavy atom. The quantitative estimate of drug-likeness (QED) is 0.859. The fraction of sp³-hybridized carbons (Fsp3) is 0.667. The molecule has 8 nitrogen and oxygen atoms in total. The van der Waals surface area contributed by atoms with E-state index in [-0.39, 0.29) is 29.7 Å². The van der Waals surface area contributed by atoms with E-state index in [1.54, 1.807) is 13.8 Å². The number of nitrogens with zero attached hydrogens (tertiary/aromatic N) is 4. The zero-order valence-electron chi connectivity index (χ0n) is 14.1. The second-order valence-corrected chi connectivity index (χ2v) is 8.72. The van der Waals surface area contributed by atoms with Gasteiger partial charge < -0.3 is 4.52 Å². The molecule has 0 spiro atoms. The molecule has 1 saturated carbocycles. The van der Waals surface area contributed by atoms with Crippen molar-refractivity contribution < 1.29 is 17.3 Å². The lowest BCUT2D eigenvalue weighted by atomic mass is 9.97. The van der Waals surface area contributed by atoms with E-state index >= 15 is 0 Å². The number of alkyl halides is 1. The number of aromatic nitrogens is 4. The molecule has 2 aliphatic rings. The van der Waals surface area contributed by atoms with Gasteiger partial charge in [0.05, 0.1) is 6.67 Å². The highest BCUT2D eigenvalue weighted by atomic mass is 32.2. The normalized spacial score (nSPS) is 24.9. The Kier molecular flexibility index (Phi) is 3.91. The fourth-order valence-corrected chi connectivity index (χ4v) is 5.26. The van der Waals surface area contributed by atoms with E-state index in [0.717, 1.165) is 18.7 Å². The summed E-state index contributed by atoms with van der Waals surface area (Å²) in [6.45, 7) is 2.80. The van der Waals surface area contributed by atoms with E-state index in [2.05, 4.69) is 20.3 Å². The van der Waals surface area contributed by atoms with E-state index in [1.807, 2.05) is 0 Å². The Hall–Kier alpha value is -1.81. The van der Waals surface area contributed by atoms with Crippen LogP contribution in [0, 0.1) is 19.8 Å². The molecule has 0 amide bonds. The van der Waals surface area contributed by atoms with Crippen LogP contribution in [0.3, 0.4) is 0 Å². The van der Waals surface area contributed by atoms with Crippen molar-refractivity contribution in [1.82, 2.24) is 24.6 Å². The number of H-pyrrole nitrogens is 1. The SMILES string of the molecule is Cc1noc(C)c1S(=O)(=O)N1C[C@@H](CF)[C@H](c2nc(C3CC3)n[nH]2)C1. The van der Waals surface area contributed by atoms with Crippen LogP contribution < -0.4 is 0 Å². The molecule has 3 heterocycles. The average Bonchev–Trinajstić information content (AvgIpc) is 3.00. The van der Waals surface area contributed by atoms with E-state index in [4.69, 9.17) is 4.52 Å². The minimum absolute atomic E-state index is 0.0713. The maximum atomic E-state index is 13.6. The summed E-state index contributed by atoms with van der Waals surface area (Å²) in [7, 11) is -3.79. The first-order chi connectivity index (χ1) is 11.9. The van der Waals surface area contributed by atoms with Crippen LogP contribution in [0.2, 0.25) is 0 Å². The molecule has 2 atom stereocenters. The molecule has 0 bridgehead atoms. The zero-order chi connectivity index (χ0) is 17.8. The Bertz CT molecular complexity index is 869. The Morgan fingerprint density at radius 1 is 1.32 bits per heavy atom. The van der Waals surface area contributed by atoms with Gasteiger partial charge in [0.15, 0.2) is 11.6 Å². The molecule has 2 aromatic rings. The zero-order valence-corrected chi connectivity index (χ0v) is 14.9. The maximum absolute atomic E-state index is 13.6. The largest absolute Gasteiger partial charge is 0.360 e. The van der Waals surface area contributed by atoms with Crippen LogP contribution in [0.15, 0.2) is 9.42 Å². The lowest BCUT2D eigenvalue weighted by molar-refractivity contribution is 0.345. The Morgan fingerprint density at radius 2 is 2.08 bits per heavy atom. The molecule has 1 saturated heterocycles. The van der Waals surface area contributed by atoms with Gasteiger partial charge in [-0.1, -0.05) is 5.16 Å². The molecule has 0 unspecified atom stereocenters. The van der Waals surface area contributed by atoms with Gasteiger partial charge in [-0.2, -0.15) is 9.40 Å². The van der Waals surface area contributed by atoms with Crippen LogP contribution in [0.4, 0.5) is 4.39 Å². The van der Waals surface area contributed by atoms with Gasteiger partial charge in [0.2, 0.25) is 10.0 Å². The summed E-state index contributed by atoms with van der Waals surface area (Å²) in [5.41, 5.74) is 0.313. The van der Waals surface area contributed by atoms with Crippen molar-refractivity contribution in [3.8, 4) is 0 Å². The van der Waals surface area contributed by atoms with Gasteiger partial charge in [-0.25, -0.2) is 13.4 Å². The van der Waals surface area contributed by atoms with Gasteiger partial charge in [0, 0.05) is 30.8 Å². The lowest BCUT2D eigenvalue weighted by Crippen LogP contribution is -2.30. The first-order valence-electron chi connectivity index (χ1n) is 8.33. The molecular weight excluding hydrogens is 349 g/mol. The first-order valence-corrected chi connectivity index (χ1v) is 9.77. The van der Waals surface area contributed by atoms with Crippen molar-refractivity contribution in [2.75, 3.05) is 19.8 Å².